The van der Waals surface area contributed by atoms with Crippen LogP contribution >= 0.6 is 11.6 Å². The van der Waals surface area contributed by atoms with Gasteiger partial charge in [-0.05, 0) is 61.2 Å². The van der Waals surface area contributed by atoms with Crippen LogP contribution < -0.4 is 9.47 Å². The first-order valence-corrected chi connectivity index (χ1v) is 8.13. The molecule has 0 fully saturated rings. The second kappa shape index (κ2) is 8.92. The molecule has 0 aliphatic rings. The summed E-state index contributed by atoms with van der Waals surface area (Å²) in [5, 5.41) is 13.5. The van der Waals surface area contributed by atoms with Crippen molar-refractivity contribution in [1.29, 1.82) is 0 Å². The minimum Gasteiger partial charge on any atom is -0.481 e. The summed E-state index contributed by atoms with van der Waals surface area (Å²) in [7, 11) is 1.17. The third-order valence-corrected chi connectivity index (χ3v) is 3.82. The molecule has 7 nitrogen and oxygen atoms in total. The average molecular weight is 390 g/mol. The predicted octanol–water partition coefficient (Wildman–Crippen LogP) is 4.37. The Morgan fingerprint density at radius 2 is 1.85 bits per heavy atom. The maximum absolute atomic E-state index is 12.0. The summed E-state index contributed by atoms with van der Waals surface area (Å²) in [6, 6.07) is 7.99. The number of hydrogen-bond acceptors (Lipinski definition) is 6. The fraction of sp³-hybridized carbons (Fsp3) is 0.211. The van der Waals surface area contributed by atoms with E-state index in [0.29, 0.717) is 28.4 Å². The highest BCUT2D eigenvalue weighted by Gasteiger charge is 2.27. The first-order chi connectivity index (χ1) is 12.9. The summed E-state index contributed by atoms with van der Waals surface area (Å²) < 4.78 is 15.9. The van der Waals surface area contributed by atoms with E-state index >= 15 is 0 Å². The molecule has 0 atom stereocenters. The van der Waals surface area contributed by atoms with Crippen LogP contribution in [0.5, 0.6) is 17.2 Å². The molecule has 0 radical (unpaired) electrons. The van der Waals surface area contributed by atoms with Crippen LogP contribution in [0, 0.1) is 35.3 Å². The highest BCUT2D eigenvalue weighted by Crippen LogP contribution is 2.36. The highest BCUT2D eigenvalue weighted by molar-refractivity contribution is 6.30. The number of ether oxygens (including phenoxy) is 3. The predicted molar refractivity (Wildman–Crippen MR) is 99.5 cm³/mol. The van der Waals surface area contributed by atoms with Gasteiger partial charge in [0.15, 0.2) is 0 Å². The van der Waals surface area contributed by atoms with Crippen LogP contribution in [0.2, 0.25) is 0 Å². The molecule has 27 heavy (non-hydrogen) atoms. The van der Waals surface area contributed by atoms with Gasteiger partial charge in [-0.2, -0.15) is 0 Å². The van der Waals surface area contributed by atoms with E-state index in [-0.39, 0.29) is 17.9 Å². The Kier molecular flexibility index (Phi) is 6.63. The second-order valence-electron chi connectivity index (χ2n) is 5.42. The van der Waals surface area contributed by atoms with Gasteiger partial charge in [-0.1, -0.05) is 0 Å². The van der Waals surface area contributed by atoms with Gasteiger partial charge in [0.25, 0.3) is 5.69 Å². The standard InChI is InChI=1S/C19H16ClNO6/c1-12-11-16(21(23)24)17(19(22)25-3)13(2)18(12)27-15-7-5-14(6-8-15)26-10-4-9-20/h5-8,11H,10H2,1-3H3. The lowest BCUT2D eigenvalue weighted by Gasteiger charge is -2.15. The fourth-order valence-electron chi connectivity index (χ4n) is 2.47. The summed E-state index contributed by atoms with van der Waals surface area (Å²) >= 11 is 5.25. The van der Waals surface area contributed by atoms with Gasteiger partial charge in [0.1, 0.15) is 29.4 Å². The summed E-state index contributed by atoms with van der Waals surface area (Å²) in [5.74, 6) is 3.17. The number of nitrogens with zero attached hydrogens (tertiary/aromatic N) is 1. The van der Waals surface area contributed by atoms with E-state index in [1.807, 2.05) is 0 Å². The first-order valence-electron chi connectivity index (χ1n) is 7.75. The molecule has 0 saturated heterocycles. The van der Waals surface area contributed by atoms with Crippen LogP contribution in [-0.2, 0) is 4.74 Å². The molecule has 0 amide bonds. The molecular formula is C19H16ClNO6. The van der Waals surface area contributed by atoms with Crippen LogP contribution in [0.15, 0.2) is 30.3 Å². The molecule has 0 aromatic heterocycles. The smallest absolute Gasteiger partial charge is 0.345 e. The van der Waals surface area contributed by atoms with Crippen LogP contribution in [0.3, 0.4) is 0 Å². The summed E-state index contributed by atoms with van der Waals surface area (Å²) in [6.45, 7) is 3.40. The zero-order valence-electron chi connectivity index (χ0n) is 14.9. The highest BCUT2D eigenvalue weighted by atomic mass is 35.5. The van der Waals surface area contributed by atoms with Gasteiger partial charge in [0.05, 0.1) is 12.0 Å². The molecule has 2 aromatic rings. The van der Waals surface area contributed by atoms with E-state index < -0.39 is 10.9 Å². The molecule has 0 bridgehead atoms. The molecule has 0 aliphatic heterocycles. The molecule has 2 aromatic carbocycles. The summed E-state index contributed by atoms with van der Waals surface area (Å²) in [4.78, 5) is 22.7. The number of hydrogen-bond donors (Lipinski definition) is 0. The topological polar surface area (TPSA) is 87.9 Å². The Labute approximate surface area is 161 Å². The molecule has 140 valence electrons. The molecule has 0 N–H and O–H groups in total. The monoisotopic (exact) mass is 389 g/mol. The Balaban J connectivity index is 2.36. The van der Waals surface area contributed by atoms with Crippen molar-refractivity contribution in [1.82, 2.24) is 0 Å². The van der Waals surface area contributed by atoms with E-state index in [2.05, 4.69) is 16.0 Å². The van der Waals surface area contributed by atoms with E-state index in [1.54, 1.807) is 38.1 Å². The van der Waals surface area contributed by atoms with Gasteiger partial charge in [0.2, 0.25) is 0 Å². The number of nitro groups is 1. The first kappa shape index (κ1) is 20.1. The van der Waals surface area contributed by atoms with Crippen molar-refractivity contribution >= 4 is 23.3 Å². The Hall–Kier alpha value is -3.24. The lowest BCUT2D eigenvalue weighted by atomic mass is 10.0. The number of halogens is 1. The SMILES string of the molecule is COC(=O)c1c([N+](=O)[O-])cc(C)c(Oc2ccc(OCC#CCl)cc2)c1C. The van der Waals surface area contributed by atoms with Gasteiger partial charge >= 0.3 is 5.97 Å². The number of carbonyl (C=O) groups excluding carboxylic acids is 1. The summed E-state index contributed by atoms with van der Waals surface area (Å²) in [5.41, 5.74) is 0.381. The van der Waals surface area contributed by atoms with Gasteiger partial charge < -0.3 is 14.2 Å². The van der Waals surface area contributed by atoms with Crippen LogP contribution in [0.4, 0.5) is 5.69 Å². The number of rotatable bonds is 6. The van der Waals surface area contributed by atoms with Crippen molar-refractivity contribution in [3.05, 3.63) is 57.1 Å². The minimum atomic E-state index is -0.798. The molecule has 8 heteroatoms. The number of methoxy groups -OCH3 is 1. The largest absolute Gasteiger partial charge is 0.481 e. The lowest BCUT2D eigenvalue weighted by molar-refractivity contribution is -0.385. The van der Waals surface area contributed by atoms with E-state index in [1.165, 1.54) is 13.2 Å². The Morgan fingerprint density at radius 1 is 1.22 bits per heavy atom. The zero-order chi connectivity index (χ0) is 20.0. The minimum absolute atomic E-state index is 0.136. The third-order valence-electron chi connectivity index (χ3n) is 3.69. The van der Waals surface area contributed by atoms with Crippen LogP contribution in [-0.4, -0.2) is 24.6 Å². The second-order valence-corrected chi connectivity index (χ2v) is 5.61. The Morgan fingerprint density at radius 3 is 2.41 bits per heavy atom. The molecule has 2 rings (SSSR count). The van der Waals surface area contributed by atoms with Crippen molar-refractivity contribution in [2.24, 2.45) is 0 Å². The molecule has 0 spiro atoms. The number of aryl methyl sites for hydroxylation is 1. The van der Waals surface area contributed by atoms with Gasteiger partial charge in [-0.25, -0.2) is 4.79 Å². The normalized spacial score (nSPS) is 9.78. The van der Waals surface area contributed by atoms with E-state index in [9.17, 15) is 14.9 Å². The van der Waals surface area contributed by atoms with Crippen LogP contribution in [0.25, 0.3) is 0 Å². The van der Waals surface area contributed by atoms with Crippen molar-refractivity contribution in [2.45, 2.75) is 13.8 Å². The third kappa shape index (κ3) is 4.68. The molecule has 0 saturated carbocycles. The molecule has 0 aliphatic carbocycles. The van der Waals surface area contributed by atoms with Crippen molar-refractivity contribution in [2.75, 3.05) is 13.7 Å². The van der Waals surface area contributed by atoms with Gasteiger partial charge in [-0.3, -0.25) is 10.1 Å². The average Bonchev–Trinajstić information content (AvgIpc) is 2.65. The van der Waals surface area contributed by atoms with Crippen molar-refractivity contribution < 1.29 is 23.9 Å². The zero-order valence-corrected chi connectivity index (χ0v) is 15.6. The van der Waals surface area contributed by atoms with E-state index in [4.69, 9.17) is 21.1 Å². The molecule has 0 unspecified atom stereocenters. The Bertz CT molecular complexity index is 928. The molecule has 0 heterocycles. The lowest BCUT2D eigenvalue weighted by Crippen LogP contribution is -2.10. The van der Waals surface area contributed by atoms with E-state index in [0.717, 1.165) is 0 Å². The van der Waals surface area contributed by atoms with Gasteiger partial charge in [-0.15, -0.1) is 0 Å². The number of carbonyl (C=O) groups is 1. The van der Waals surface area contributed by atoms with Crippen molar-refractivity contribution in [3.8, 4) is 28.5 Å². The molecular weight excluding hydrogens is 374 g/mol. The summed E-state index contributed by atoms with van der Waals surface area (Å²) in [6.07, 6.45) is 0. The number of nitro benzene ring substituents is 1. The maximum Gasteiger partial charge on any atom is 0.345 e. The van der Waals surface area contributed by atoms with Crippen molar-refractivity contribution in [3.63, 3.8) is 0 Å². The number of benzene rings is 2. The number of esters is 1. The van der Waals surface area contributed by atoms with Crippen LogP contribution in [0.1, 0.15) is 21.5 Å². The van der Waals surface area contributed by atoms with Gasteiger partial charge in [0, 0.05) is 17.0 Å². The fourth-order valence-corrected chi connectivity index (χ4v) is 2.53. The maximum atomic E-state index is 12.0. The quantitative estimate of drug-likeness (QED) is 0.315.